The molecule has 0 saturated carbocycles. The summed E-state index contributed by atoms with van der Waals surface area (Å²) >= 11 is 0. The van der Waals surface area contributed by atoms with Gasteiger partial charge in [0.2, 0.25) is 0 Å². The van der Waals surface area contributed by atoms with Gasteiger partial charge < -0.3 is 5.32 Å². The number of hydrogen-bond donors (Lipinski definition) is 1. The number of nitrogens with zero attached hydrogens (tertiary/aromatic N) is 3. The second kappa shape index (κ2) is 9.15. The van der Waals surface area contributed by atoms with Crippen LogP contribution in [0.25, 0.3) is 0 Å². The van der Waals surface area contributed by atoms with Gasteiger partial charge in [-0.2, -0.15) is 5.10 Å². The molecule has 0 radical (unpaired) electrons. The van der Waals surface area contributed by atoms with Crippen LogP contribution in [0, 0.1) is 5.92 Å². The fraction of sp³-hybridized carbons (Fsp3) is 0.500. The molecule has 3 rings (SSSR count). The van der Waals surface area contributed by atoms with Crippen LogP contribution in [0.1, 0.15) is 48.8 Å². The number of fused-ring (bicyclic) bond motifs is 1. The predicted octanol–water partition coefficient (Wildman–Crippen LogP) is 2.47. The van der Waals surface area contributed by atoms with Crippen LogP contribution in [-0.2, 0) is 19.5 Å². The standard InChI is InChI=1S/C22H30N4O2/c1-4-12-26-21(27)10-9-19(24-26)22(28)23-14-20(16(2)3)25-13-11-17-7-5-6-8-18(17)15-25/h5-10,16,20H,4,11-15H2,1-3H3,(H,23,28)/t20-/m0/s1. The minimum Gasteiger partial charge on any atom is -0.349 e. The first-order chi connectivity index (χ1) is 13.5. The maximum atomic E-state index is 12.6. The monoisotopic (exact) mass is 382 g/mol. The number of rotatable bonds is 7. The lowest BCUT2D eigenvalue weighted by Crippen LogP contribution is -2.48. The lowest BCUT2D eigenvalue weighted by molar-refractivity contribution is 0.0897. The number of aromatic nitrogens is 2. The van der Waals surface area contributed by atoms with Crippen molar-refractivity contribution in [3.05, 3.63) is 63.6 Å². The van der Waals surface area contributed by atoms with E-state index >= 15 is 0 Å². The third-order valence-electron chi connectivity index (χ3n) is 5.41. The van der Waals surface area contributed by atoms with Crippen LogP contribution in [-0.4, -0.2) is 39.7 Å². The van der Waals surface area contributed by atoms with Crippen molar-refractivity contribution >= 4 is 5.91 Å². The first-order valence-electron chi connectivity index (χ1n) is 10.2. The summed E-state index contributed by atoms with van der Waals surface area (Å²) in [6, 6.07) is 11.8. The largest absolute Gasteiger partial charge is 0.349 e. The average Bonchev–Trinajstić information content (AvgIpc) is 2.69. The summed E-state index contributed by atoms with van der Waals surface area (Å²) in [5.41, 5.74) is 2.91. The Bertz CT molecular complexity index is 875. The van der Waals surface area contributed by atoms with Crippen molar-refractivity contribution in [3.63, 3.8) is 0 Å². The fourth-order valence-electron chi connectivity index (χ4n) is 3.82. The van der Waals surface area contributed by atoms with Gasteiger partial charge in [0.1, 0.15) is 5.69 Å². The molecular weight excluding hydrogens is 352 g/mol. The molecule has 1 aromatic carbocycles. The van der Waals surface area contributed by atoms with Gasteiger partial charge in [-0.05, 0) is 36.0 Å². The smallest absolute Gasteiger partial charge is 0.271 e. The quantitative estimate of drug-likeness (QED) is 0.799. The Hall–Kier alpha value is -2.47. The molecule has 28 heavy (non-hydrogen) atoms. The van der Waals surface area contributed by atoms with Crippen LogP contribution in [0.3, 0.4) is 0 Å². The summed E-state index contributed by atoms with van der Waals surface area (Å²) in [4.78, 5) is 26.9. The van der Waals surface area contributed by atoms with Gasteiger partial charge >= 0.3 is 0 Å². The van der Waals surface area contributed by atoms with E-state index in [2.05, 4.69) is 53.4 Å². The van der Waals surface area contributed by atoms with E-state index in [0.29, 0.717) is 24.7 Å². The maximum absolute atomic E-state index is 12.6. The first kappa shape index (κ1) is 20.3. The number of nitrogens with one attached hydrogen (secondary N) is 1. The molecule has 6 heteroatoms. The molecule has 0 aliphatic carbocycles. The van der Waals surface area contributed by atoms with E-state index in [0.717, 1.165) is 25.9 Å². The predicted molar refractivity (Wildman–Crippen MR) is 110 cm³/mol. The van der Waals surface area contributed by atoms with Crippen LogP contribution < -0.4 is 10.9 Å². The number of carbonyl (C=O) groups excluding carboxylic acids is 1. The minimum absolute atomic E-state index is 0.176. The molecule has 0 spiro atoms. The zero-order valence-electron chi connectivity index (χ0n) is 17.0. The molecule has 1 amide bonds. The van der Waals surface area contributed by atoms with Gasteiger partial charge in [0.25, 0.3) is 11.5 Å². The summed E-state index contributed by atoms with van der Waals surface area (Å²) in [6.07, 6.45) is 1.83. The molecule has 150 valence electrons. The molecule has 6 nitrogen and oxygen atoms in total. The van der Waals surface area contributed by atoms with Crippen LogP contribution in [0.4, 0.5) is 0 Å². The summed E-state index contributed by atoms with van der Waals surface area (Å²) in [6.45, 7) is 9.35. The number of carbonyl (C=O) groups is 1. The molecular formula is C22H30N4O2. The molecule has 1 aliphatic rings. The SMILES string of the molecule is CCCn1nc(C(=O)NC[C@@H](C(C)C)N2CCc3ccccc3C2)ccc1=O. The Morgan fingerprint density at radius 2 is 1.93 bits per heavy atom. The number of amides is 1. The van der Waals surface area contributed by atoms with Gasteiger partial charge in [-0.3, -0.25) is 14.5 Å². The second-order valence-corrected chi connectivity index (χ2v) is 7.79. The van der Waals surface area contributed by atoms with Gasteiger partial charge in [-0.1, -0.05) is 45.0 Å². The molecule has 0 bridgehead atoms. The highest BCUT2D eigenvalue weighted by Crippen LogP contribution is 2.22. The molecule has 2 heterocycles. The Balaban J connectivity index is 1.66. The number of hydrogen-bond acceptors (Lipinski definition) is 4. The highest BCUT2D eigenvalue weighted by Gasteiger charge is 2.26. The number of benzene rings is 1. The maximum Gasteiger partial charge on any atom is 0.271 e. The van der Waals surface area contributed by atoms with Crippen LogP contribution in [0.5, 0.6) is 0 Å². The summed E-state index contributed by atoms with van der Waals surface area (Å²) in [7, 11) is 0. The van der Waals surface area contributed by atoms with Crippen molar-refractivity contribution in [2.24, 2.45) is 5.92 Å². The summed E-state index contributed by atoms with van der Waals surface area (Å²) in [5, 5.41) is 7.24. The zero-order valence-corrected chi connectivity index (χ0v) is 17.0. The van der Waals surface area contributed by atoms with E-state index in [4.69, 9.17) is 0 Å². The zero-order chi connectivity index (χ0) is 20.1. The Morgan fingerprint density at radius 1 is 1.18 bits per heavy atom. The van der Waals surface area contributed by atoms with E-state index < -0.39 is 0 Å². The summed E-state index contributed by atoms with van der Waals surface area (Å²) < 4.78 is 1.36. The van der Waals surface area contributed by atoms with Crippen LogP contribution in [0.2, 0.25) is 0 Å². The normalized spacial score (nSPS) is 15.3. The molecule has 0 fully saturated rings. The Labute approximate surface area is 166 Å². The van der Waals surface area contributed by atoms with Crippen LogP contribution in [0.15, 0.2) is 41.2 Å². The van der Waals surface area contributed by atoms with Crippen molar-refractivity contribution in [3.8, 4) is 0 Å². The number of aryl methyl sites for hydroxylation is 1. The molecule has 1 atom stereocenters. The van der Waals surface area contributed by atoms with Gasteiger partial charge in [0, 0.05) is 38.3 Å². The topological polar surface area (TPSA) is 67.2 Å². The lowest BCUT2D eigenvalue weighted by atomic mass is 9.95. The highest BCUT2D eigenvalue weighted by molar-refractivity contribution is 5.92. The van der Waals surface area contributed by atoms with E-state index in [-0.39, 0.29) is 17.5 Å². The van der Waals surface area contributed by atoms with E-state index in [1.807, 2.05) is 6.92 Å². The molecule has 1 N–H and O–H groups in total. The van der Waals surface area contributed by atoms with Crippen molar-refractivity contribution in [1.29, 1.82) is 0 Å². The van der Waals surface area contributed by atoms with E-state index in [9.17, 15) is 9.59 Å². The third-order valence-corrected chi connectivity index (χ3v) is 5.41. The summed E-state index contributed by atoms with van der Waals surface area (Å²) in [5.74, 6) is 0.181. The third kappa shape index (κ3) is 4.68. The second-order valence-electron chi connectivity index (χ2n) is 7.79. The minimum atomic E-state index is -0.229. The van der Waals surface area contributed by atoms with Crippen molar-refractivity contribution < 1.29 is 4.79 Å². The van der Waals surface area contributed by atoms with E-state index in [1.54, 1.807) is 0 Å². The van der Waals surface area contributed by atoms with E-state index in [1.165, 1.54) is 27.9 Å². The molecule has 0 saturated heterocycles. The average molecular weight is 383 g/mol. The molecule has 0 unspecified atom stereocenters. The lowest BCUT2D eigenvalue weighted by Gasteiger charge is -2.38. The Kier molecular flexibility index (Phi) is 6.62. The van der Waals surface area contributed by atoms with Gasteiger partial charge in [0.05, 0.1) is 0 Å². The van der Waals surface area contributed by atoms with Gasteiger partial charge in [0.15, 0.2) is 0 Å². The highest BCUT2D eigenvalue weighted by atomic mass is 16.2. The first-order valence-corrected chi connectivity index (χ1v) is 10.2. The molecule has 1 aliphatic heterocycles. The van der Waals surface area contributed by atoms with Crippen molar-refractivity contribution in [2.75, 3.05) is 13.1 Å². The molecule has 2 aromatic rings. The van der Waals surface area contributed by atoms with Crippen molar-refractivity contribution in [1.82, 2.24) is 20.0 Å². The van der Waals surface area contributed by atoms with Gasteiger partial charge in [-0.25, -0.2) is 4.68 Å². The fourth-order valence-corrected chi connectivity index (χ4v) is 3.82. The van der Waals surface area contributed by atoms with Gasteiger partial charge in [-0.15, -0.1) is 0 Å². The molecule has 1 aromatic heterocycles. The van der Waals surface area contributed by atoms with Crippen molar-refractivity contribution in [2.45, 2.75) is 52.7 Å². The van der Waals surface area contributed by atoms with Crippen LogP contribution >= 0.6 is 0 Å². The Morgan fingerprint density at radius 3 is 2.64 bits per heavy atom.